The Morgan fingerprint density at radius 2 is 2.03 bits per heavy atom. The molecule has 1 aliphatic rings. The van der Waals surface area contributed by atoms with Gasteiger partial charge in [-0.25, -0.2) is 0 Å². The van der Waals surface area contributed by atoms with Crippen LogP contribution in [0.25, 0.3) is 5.76 Å². The molecule has 1 saturated heterocycles. The summed E-state index contributed by atoms with van der Waals surface area (Å²) < 4.78 is 5.32. The third-order valence-corrected chi connectivity index (χ3v) is 5.16. The molecule has 0 saturated carbocycles. The SMILES string of the molecule is COc1ccc(Cl)cc1/C(O)=C1\C(=O)C(=O)N(CCCN(C)C)[C@@H]1c1ccccn1. The van der Waals surface area contributed by atoms with Crippen LogP contribution in [0.5, 0.6) is 5.75 Å². The molecule has 1 N–H and O–H groups in total. The highest BCUT2D eigenvalue weighted by atomic mass is 35.5. The quantitative estimate of drug-likeness (QED) is 0.413. The topological polar surface area (TPSA) is 83.0 Å². The molecule has 0 spiro atoms. The van der Waals surface area contributed by atoms with E-state index in [-0.39, 0.29) is 16.9 Å². The summed E-state index contributed by atoms with van der Waals surface area (Å²) in [5.41, 5.74) is 0.727. The molecule has 1 atom stereocenters. The molecular formula is C22H24ClN3O4. The molecule has 1 aromatic heterocycles. The first-order valence-electron chi connectivity index (χ1n) is 9.53. The Balaban J connectivity index is 2.13. The molecule has 1 aromatic carbocycles. The van der Waals surface area contributed by atoms with E-state index in [4.69, 9.17) is 16.3 Å². The second kappa shape index (κ2) is 9.28. The summed E-state index contributed by atoms with van der Waals surface area (Å²) in [7, 11) is 5.33. The average Bonchev–Trinajstić information content (AvgIpc) is 2.98. The Kier molecular flexibility index (Phi) is 6.74. The summed E-state index contributed by atoms with van der Waals surface area (Å²) in [6, 6.07) is 9.19. The Hall–Kier alpha value is -2.90. The minimum atomic E-state index is -0.794. The van der Waals surface area contributed by atoms with Gasteiger partial charge in [-0.1, -0.05) is 17.7 Å². The number of methoxy groups -OCH3 is 1. The van der Waals surface area contributed by atoms with Crippen LogP contribution in [0.2, 0.25) is 5.02 Å². The van der Waals surface area contributed by atoms with Crippen molar-refractivity contribution >= 4 is 29.1 Å². The number of amides is 1. The Bertz CT molecular complexity index is 976. The van der Waals surface area contributed by atoms with Gasteiger partial charge in [0.2, 0.25) is 0 Å². The third-order valence-electron chi connectivity index (χ3n) is 4.93. The number of aliphatic hydroxyl groups excluding tert-OH is 1. The van der Waals surface area contributed by atoms with Crippen LogP contribution in [0.4, 0.5) is 0 Å². The van der Waals surface area contributed by atoms with Crippen LogP contribution >= 0.6 is 11.6 Å². The number of likely N-dealkylation sites (tertiary alicyclic amines) is 1. The van der Waals surface area contributed by atoms with Gasteiger partial charge in [-0.3, -0.25) is 14.6 Å². The van der Waals surface area contributed by atoms with E-state index in [0.29, 0.717) is 29.4 Å². The molecule has 2 aromatic rings. The number of halogens is 1. The highest BCUT2D eigenvalue weighted by Crippen LogP contribution is 2.40. The molecule has 158 valence electrons. The molecule has 2 heterocycles. The first kappa shape index (κ1) is 21.8. The number of nitrogens with zero attached hydrogens (tertiary/aromatic N) is 3. The van der Waals surface area contributed by atoms with Gasteiger partial charge in [0.05, 0.1) is 23.9 Å². The molecule has 0 bridgehead atoms. The zero-order valence-corrected chi connectivity index (χ0v) is 17.9. The van der Waals surface area contributed by atoms with Crippen molar-refractivity contribution in [3.8, 4) is 5.75 Å². The van der Waals surface area contributed by atoms with Gasteiger partial charge in [0.25, 0.3) is 11.7 Å². The number of pyridine rings is 1. The van der Waals surface area contributed by atoms with Crippen molar-refractivity contribution in [2.75, 3.05) is 34.3 Å². The smallest absolute Gasteiger partial charge is 0.295 e. The minimum Gasteiger partial charge on any atom is -0.507 e. The van der Waals surface area contributed by atoms with Gasteiger partial charge in [0, 0.05) is 17.8 Å². The number of ketones is 1. The molecule has 8 heteroatoms. The lowest BCUT2D eigenvalue weighted by molar-refractivity contribution is -0.140. The Morgan fingerprint density at radius 1 is 1.27 bits per heavy atom. The van der Waals surface area contributed by atoms with Crippen molar-refractivity contribution in [2.24, 2.45) is 0 Å². The van der Waals surface area contributed by atoms with Crippen molar-refractivity contribution in [2.45, 2.75) is 12.5 Å². The van der Waals surface area contributed by atoms with Crippen LogP contribution < -0.4 is 4.74 Å². The number of hydrogen-bond acceptors (Lipinski definition) is 6. The van der Waals surface area contributed by atoms with Gasteiger partial charge in [-0.2, -0.15) is 0 Å². The van der Waals surface area contributed by atoms with E-state index in [2.05, 4.69) is 4.98 Å². The number of Topliss-reactive ketones (excluding diaryl/α,β-unsaturated/α-hetero) is 1. The zero-order valence-electron chi connectivity index (χ0n) is 17.1. The molecule has 1 fully saturated rings. The summed E-state index contributed by atoms with van der Waals surface area (Å²) >= 11 is 6.10. The molecule has 0 aliphatic carbocycles. The number of hydrogen-bond donors (Lipinski definition) is 1. The van der Waals surface area contributed by atoms with Crippen molar-refractivity contribution < 1.29 is 19.4 Å². The van der Waals surface area contributed by atoms with Crippen LogP contribution in [0.3, 0.4) is 0 Å². The molecule has 1 aliphatic heterocycles. The number of carbonyl (C=O) groups is 2. The van der Waals surface area contributed by atoms with E-state index in [0.717, 1.165) is 6.54 Å². The number of carbonyl (C=O) groups excluding carboxylic acids is 2. The lowest BCUT2D eigenvalue weighted by Gasteiger charge is -2.25. The van der Waals surface area contributed by atoms with Crippen molar-refractivity contribution in [3.05, 3.63) is 64.4 Å². The highest BCUT2D eigenvalue weighted by molar-refractivity contribution is 6.46. The van der Waals surface area contributed by atoms with Crippen molar-refractivity contribution in [3.63, 3.8) is 0 Å². The van der Waals surface area contributed by atoms with E-state index < -0.39 is 17.7 Å². The second-order valence-corrected chi connectivity index (χ2v) is 7.68. The normalized spacial score (nSPS) is 18.3. The first-order chi connectivity index (χ1) is 14.3. The maximum Gasteiger partial charge on any atom is 0.295 e. The van der Waals surface area contributed by atoms with E-state index in [1.165, 1.54) is 18.1 Å². The molecule has 1 amide bonds. The van der Waals surface area contributed by atoms with Crippen LogP contribution in [-0.4, -0.2) is 65.9 Å². The fourth-order valence-corrected chi connectivity index (χ4v) is 3.70. The van der Waals surface area contributed by atoms with Crippen LogP contribution in [-0.2, 0) is 9.59 Å². The van der Waals surface area contributed by atoms with Crippen LogP contribution in [0.1, 0.15) is 23.7 Å². The molecule has 0 unspecified atom stereocenters. The summed E-state index contributed by atoms with van der Waals surface area (Å²) in [5.74, 6) is -1.41. The van der Waals surface area contributed by atoms with Gasteiger partial charge in [-0.15, -0.1) is 0 Å². The largest absolute Gasteiger partial charge is 0.507 e. The van der Waals surface area contributed by atoms with Crippen LogP contribution in [0, 0.1) is 0 Å². The maximum absolute atomic E-state index is 13.0. The van der Waals surface area contributed by atoms with Gasteiger partial charge in [-0.05, 0) is 57.4 Å². The summed E-state index contributed by atoms with van der Waals surface area (Å²) in [5, 5.41) is 11.5. The number of ether oxygens (including phenoxy) is 1. The van der Waals surface area contributed by atoms with Gasteiger partial charge < -0.3 is 19.6 Å². The number of aromatic nitrogens is 1. The first-order valence-corrected chi connectivity index (χ1v) is 9.91. The Morgan fingerprint density at radius 3 is 2.67 bits per heavy atom. The predicted octanol–water partition coefficient (Wildman–Crippen LogP) is 3.12. The monoisotopic (exact) mass is 429 g/mol. The minimum absolute atomic E-state index is 0.0240. The van der Waals surface area contributed by atoms with Crippen molar-refractivity contribution in [1.82, 2.24) is 14.8 Å². The van der Waals surface area contributed by atoms with Crippen LogP contribution in [0.15, 0.2) is 48.2 Å². The zero-order chi connectivity index (χ0) is 21.8. The lowest BCUT2D eigenvalue weighted by Crippen LogP contribution is -2.32. The van der Waals surface area contributed by atoms with E-state index in [1.807, 2.05) is 19.0 Å². The average molecular weight is 430 g/mol. The fraction of sp³-hybridized carbons (Fsp3) is 0.318. The van der Waals surface area contributed by atoms with E-state index >= 15 is 0 Å². The van der Waals surface area contributed by atoms with Gasteiger partial charge in [0.15, 0.2) is 0 Å². The Labute approximate surface area is 180 Å². The summed E-state index contributed by atoms with van der Waals surface area (Å²) in [6.07, 6.45) is 2.26. The third kappa shape index (κ3) is 4.32. The molecule has 30 heavy (non-hydrogen) atoms. The summed E-state index contributed by atoms with van der Waals surface area (Å²) in [6.45, 7) is 1.10. The van der Waals surface area contributed by atoms with Gasteiger partial charge in [0.1, 0.15) is 17.6 Å². The molecular weight excluding hydrogens is 406 g/mol. The number of aliphatic hydroxyl groups is 1. The standard InChI is InChI=1S/C22H24ClN3O4/c1-25(2)11-6-12-26-19(16-7-4-5-10-24-16)18(21(28)22(26)29)20(27)15-13-14(23)8-9-17(15)30-3/h4-5,7-10,13,19,27H,6,11-12H2,1-3H3/b20-18+/t19-/m1/s1. The molecule has 3 rings (SSSR count). The van der Waals surface area contributed by atoms with E-state index in [1.54, 1.807) is 36.5 Å². The fourth-order valence-electron chi connectivity index (χ4n) is 3.52. The van der Waals surface area contributed by atoms with Crippen molar-refractivity contribution in [1.29, 1.82) is 0 Å². The van der Waals surface area contributed by atoms with Gasteiger partial charge >= 0.3 is 0 Å². The predicted molar refractivity (Wildman–Crippen MR) is 114 cm³/mol. The van der Waals surface area contributed by atoms with E-state index in [9.17, 15) is 14.7 Å². The highest BCUT2D eigenvalue weighted by Gasteiger charge is 2.46. The molecule has 7 nitrogen and oxygen atoms in total. The number of rotatable bonds is 7. The lowest BCUT2D eigenvalue weighted by atomic mass is 9.98. The number of benzene rings is 1. The molecule has 0 radical (unpaired) electrons. The maximum atomic E-state index is 13.0. The summed E-state index contributed by atoms with van der Waals surface area (Å²) in [4.78, 5) is 33.7. The second-order valence-electron chi connectivity index (χ2n) is 7.25.